The van der Waals surface area contributed by atoms with E-state index >= 15 is 0 Å². The van der Waals surface area contributed by atoms with Crippen molar-refractivity contribution < 1.29 is 19.5 Å². The van der Waals surface area contributed by atoms with Crippen molar-refractivity contribution in [1.29, 1.82) is 0 Å². The third kappa shape index (κ3) is 8.01. The van der Waals surface area contributed by atoms with Gasteiger partial charge in [-0.1, -0.05) is 113 Å². The summed E-state index contributed by atoms with van der Waals surface area (Å²) in [5.41, 5.74) is 2.34. The molecule has 10 heteroatoms. The van der Waals surface area contributed by atoms with E-state index in [-0.39, 0.29) is 39.8 Å². The van der Waals surface area contributed by atoms with Gasteiger partial charge in [0.05, 0.1) is 15.4 Å². The molecule has 1 aliphatic rings. The molecule has 1 heterocycles. The van der Waals surface area contributed by atoms with Gasteiger partial charge in [0.25, 0.3) is 11.8 Å². The number of nitrogens with one attached hydrogen (secondary N) is 1. The average Bonchev–Trinajstić information content (AvgIpc) is 3.01. The van der Waals surface area contributed by atoms with Crippen molar-refractivity contribution in [3.63, 3.8) is 0 Å². The van der Waals surface area contributed by atoms with E-state index in [0.717, 1.165) is 22.9 Å². The van der Waals surface area contributed by atoms with E-state index in [1.54, 1.807) is 43.4 Å². The molecule has 0 aliphatic carbocycles. The fourth-order valence-electron chi connectivity index (χ4n) is 4.24. The zero-order valence-corrected chi connectivity index (χ0v) is 27.6. The Kier molecular flexibility index (Phi) is 11.3. The first-order chi connectivity index (χ1) is 20.7. The zero-order valence-electron chi connectivity index (χ0n) is 23.0. The quantitative estimate of drug-likeness (QED) is 0.104. The number of carbonyl (C=O) groups is 3. The highest BCUT2D eigenvalue weighted by Gasteiger charge is 2.35. The Morgan fingerprint density at radius 2 is 1.74 bits per heavy atom. The molecule has 0 saturated heterocycles. The largest absolute Gasteiger partial charge is 0.506 e. The number of rotatable bonds is 9. The maximum atomic E-state index is 13.8. The Hall–Kier alpha value is -3.74. The fourth-order valence-corrected chi connectivity index (χ4v) is 6.60. The molecule has 3 amide bonds. The van der Waals surface area contributed by atoms with Crippen LogP contribution in [0.4, 0.5) is 0 Å². The fraction of sp³-hybridized carbons (Fsp3) is 0.0909. The normalized spacial score (nSPS) is 14.9. The summed E-state index contributed by atoms with van der Waals surface area (Å²) in [6, 6.07) is 22.2. The molecule has 0 fully saturated rings. The number of allylic oxidation sites excluding steroid dienone is 4. The van der Waals surface area contributed by atoms with Crippen LogP contribution in [0.15, 0.2) is 124 Å². The molecule has 0 atom stereocenters. The Bertz CT molecular complexity index is 1630. The topological polar surface area (TPSA) is 99.1 Å². The summed E-state index contributed by atoms with van der Waals surface area (Å²) in [7, 11) is 0. The van der Waals surface area contributed by atoms with Gasteiger partial charge < -0.3 is 10.4 Å². The van der Waals surface area contributed by atoms with E-state index in [1.165, 1.54) is 11.0 Å². The van der Waals surface area contributed by atoms with Crippen molar-refractivity contribution in [2.24, 2.45) is 4.99 Å². The highest BCUT2D eigenvalue weighted by atomic mass is 127. The van der Waals surface area contributed by atoms with Crippen LogP contribution in [0.1, 0.15) is 29.7 Å². The van der Waals surface area contributed by atoms with E-state index in [2.05, 4.69) is 32.8 Å². The summed E-state index contributed by atoms with van der Waals surface area (Å²) in [5.74, 6) is -1.87. The molecule has 0 radical (unpaired) electrons. The van der Waals surface area contributed by atoms with Crippen LogP contribution in [-0.4, -0.2) is 38.6 Å². The number of carbonyl (C=O) groups excluding carboxylic acids is 3. The predicted molar refractivity (Wildman–Crippen MR) is 184 cm³/mol. The first-order valence-corrected chi connectivity index (χ1v) is 15.9. The van der Waals surface area contributed by atoms with Gasteiger partial charge in [-0.05, 0) is 64.9 Å². The molecular weight excluding hydrogens is 741 g/mol. The molecular formula is C33H27BrIN3O4S. The Morgan fingerprint density at radius 3 is 2.33 bits per heavy atom. The van der Waals surface area contributed by atoms with Crippen molar-refractivity contribution >= 4 is 79.2 Å². The molecule has 0 bridgehead atoms. The standard InChI is InChI=1S/C33H27BrIN3O4S/c1-3-5-16-25(4-2)38-32(42)26(18-23-17-24(34)19-27(35)30(23)40)31(41)37-33(38)43-20-28(39)36-29(21-12-8-6-9-13-21)22-14-10-7-11-15-22/h3-19,29,40H,1,20H2,2H3,(H,36,39)/b16-5-,25-4+,26-18-. The lowest BCUT2D eigenvalue weighted by Crippen LogP contribution is -2.42. The second-order valence-corrected chi connectivity index (χ2v) is 12.2. The molecule has 0 spiro atoms. The molecule has 2 N–H and O–H groups in total. The van der Waals surface area contributed by atoms with Gasteiger partial charge in [-0.15, -0.1) is 0 Å². The maximum absolute atomic E-state index is 13.8. The molecule has 0 aromatic heterocycles. The van der Waals surface area contributed by atoms with Crippen molar-refractivity contribution in [2.75, 3.05) is 5.75 Å². The van der Waals surface area contributed by atoms with Gasteiger partial charge in [-0.25, -0.2) is 0 Å². The number of thioether (sulfide) groups is 1. The molecule has 3 aromatic rings. The van der Waals surface area contributed by atoms with Gasteiger partial charge in [0.1, 0.15) is 11.3 Å². The number of amides is 3. The number of halogens is 2. The van der Waals surface area contributed by atoms with Crippen molar-refractivity contribution in [2.45, 2.75) is 13.0 Å². The summed E-state index contributed by atoms with van der Waals surface area (Å²) < 4.78 is 1.22. The van der Waals surface area contributed by atoms with Crippen LogP contribution < -0.4 is 5.32 Å². The molecule has 3 aromatic carbocycles. The van der Waals surface area contributed by atoms with Gasteiger partial charge in [0, 0.05) is 15.7 Å². The van der Waals surface area contributed by atoms with Crippen LogP contribution in [-0.2, 0) is 14.4 Å². The minimum absolute atomic E-state index is 0.0616. The number of aromatic hydroxyl groups is 1. The summed E-state index contributed by atoms with van der Waals surface area (Å²) in [4.78, 5) is 45.8. The van der Waals surface area contributed by atoms with E-state index < -0.39 is 11.8 Å². The Morgan fingerprint density at radius 1 is 1.12 bits per heavy atom. The maximum Gasteiger partial charge on any atom is 0.285 e. The number of phenolic OH excluding ortho intramolecular Hbond substituents is 1. The summed E-state index contributed by atoms with van der Waals surface area (Å²) >= 11 is 6.33. The lowest BCUT2D eigenvalue weighted by Gasteiger charge is -2.28. The Balaban J connectivity index is 1.64. The number of hydrogen-bond donors (Lipinski definition) is 2. The third-order valence-electron chi connectivity index (χ3n) is 6.27. The van der Waals surface area contributed by atoms with Crippen molar-refractivity contribution in [3.05, 3.63) is 140 Å². The van der Waals surface area contributed by atoms with Gasteiger partial charge in [0.15, 0.2) is 5.17 Å². The minimum atomic E-state index is -0.770. The molecule has 1 aliphatic heterocycles. The average molecular weight is 768 g/mol. The Labute approximate surface area is 276 Å². The molecule has 0 unspecified atom stereocenters. The van der Waals surface area contributed by atoms with E-state index in [1.807, 2.05) is 83.3 Å². The SMILES string of the molecule is C=C/C=C\C(=C/C)N1C(=O)/C(=C\c2cc(Br)cc(I)c2O)C(=O)N=C1SCC(=O)NC(c1ccccc1)c1ccccc1. The highest BCUT2D eigenvalue weighted by molar-refractivity contribution is 14.1. The monoisotopic (exact) mass is 767 g/mol. The summed E-state index contributed by atoms with van der Waals surface area (Å²) in [6.45, 7) is 5.44. The molecule has 0 saturated carbocycles. The third-order valence-corrected chi connectivity index (χ3v) is 8.49. The van der Waals surface area contributed by atoms with Crippen LogP contribution >= 0.6 is 50.3 Å². The first-order valence-electron chi connectivity index (χ1n) is 13.1. The summed E-state index contributed by atoms with van der Waals surface area (Å²) in [5, 5.41) is 13.7. The van der Waals surface area contributed by atoms with E-state index in [4.69, 9.17) is 0 Å². The van der Waals surface area contributed by atoms with E-state index in [9.17, 15) is 19.5 Å². The van der Waals surface area contributed by atoms with Crippen LogP contribution in [0.25, 0.3) is 6.08 Å². The van der Waals surface area contributed by atoms with Crippen molar-refractivity contribution in [1.82, 2.24) is 10.2 Å². The first kappa shape index (κ1) is 32.2. The second-order valence-electron chi connectivity index (χ2n) is 9.14. The minimum Gasteiger partial charge on any atom is -0.506 e. The van der Waals surface area contributed by atoms with Crippen LogP contribution in [0.5, 0.6) is 5.75 Å². The zero-order chi connectivity index (χ0) is 30.9. The van der Waals surface area contributed by atoms with Gasteiger partial charge in [-0.2, -0.15) is 4.99 Å². The number of phenols is 1. The van der Waals surface area contributed by atoms with Crippen molar-refractivity contribution in [3.8, 4) is 5.75 Å². The number of hydrogen-bond acceptors (Lipinski definition) is 5. The predicted octanol–water partition coefficient (Wildman–Crippen LogP) is 7.15. The number of benzene rings is 3. The smallest absolute Gasteiger partial charge is 0.285 e. The lowest BCUT2D eigenvalue weighted by atomic mass is 9.99. The van der Waals surface area contributed by atoms with Crippen LogP contribution in [0, 0.1) is 3.57 Å². The number of aliphatic imine (C=N–C) groups is 1. The van der Waals surface area contributed by atoms with Crippen LogP contribution in [0.2, 0.25) is 0 Å². The number of amidine groups is 1. The van der Waals surface area contributed by atoms with Gasteiger partial charge in [0.2, 0.25) is 5.91 Å². The number of nitrogens with zero attached hydrogens (tertiary/aromatic N) is 2. The summed E-state index contributed by atoms with van der Waals surface area (Å²) in [6.07, 6.45) is 7.90. The second kappa shape index (κ2) is 15.1. The van der Waals surface area contributed by atoms with Crippen LogP contribution in [0.3, 0.4) is 0 Å². The molecule has 7 nitrogen and oxygen atoms in total. The van der Waals surface area contributed by atoms with Gasteiger partial charge >= 0.3 is 0 Å². The highest BCUT2D eigenvalue weighted by Crippen LogP contribution is 2.32. The van der Waals surface area contributed by atoms with Gasteiger partial charge in [-0.3, -0.25) is 19.3 Å². The molecule has 218 valence electrons. The molecule has 4 rings (SSSR count). The van der Waals surface area contributed by atoms with E-state index in [0.29, 0.717) is 13.7 Å². The molecule has 43 heavy (non-hydrogen) atoms. The lowest BCUT2D eigenvalue weighted by molar-refractivity contribution is -0.126.